The van der Waals surface area contributed by atoms with Gasteiger partial charge < -0.3 is 4.74 Å². The first-order chi connectivity index (χ1) is 10.8. The van der Waals surface area contributed by atoms with E-state index >= 15 is 0 Å². The number of nitrogens with zero attached hydrogens (tertiary/aromatic N) is 1. The van der Waals surface area contributed by atoms with E-state index in [-0.39, 0.29) is 5.82 Å². The van der Waals surface area contributed by atoms with Crippen LogP contribution >= 0.6 is 11.8 Å². The number of halogens is 1. The first-order valence-electron chi connectivity index (χ1n) is 7.01. The van der Waals surface area contributed by atoms with Crippen molar-refractivity contribution in [1.29, 1.82) is 0 Å². The van der Waals surface area contributed by atoms with Gasteiger partial charge in [-0.15, -0.1) is 0 Å². The average molecular weight is 313 g/mol. The predicted octanol–water partition coefficient (Wildman–Crippen LogP) is 4.82. The number of methoxy groups -OCH3 is 1. The standard InChI is InChI=1S/C18H16FNOS/c1-21-17-8-7-16(19)10-15(17)12-22-11-14-5-2-4-13-6-3-9-20-18(13)14/h2-10H,11-12H2,1H3. The molecule has 0 amide bonds. The van der Waals surface area contributed by atoms with E-state index in [1.165, 1.54) is 17.7 Å². The van der Waals surface area contributed by atoms with Crippen molar-refractivity contribution >= 4 is 22.7 Å². The van der Waals surface area contributed by atoms with E-state index in [1.807, 2.05) is 18.3 Å². The SMILES string of the molecule is COc1ccc(F)cc1CSCc1cccc2cccnc12. The van der Waals surface area contributed by atoms with Gasteiger partial charge in [0.25, 0.3) is 0 Å². The van der Waals surface area contributed by atoms with Crippen molar-refractivity contribution < 1.29 is 9.13 Å². The second-order valence-electron chi connectivity index (χ2n) is 4.94. The number of hydrogen-bond acceptors (Lipinski definition) is 3. The summed E-state index contributed by atoms with van der Waals surface area (Å²) < 4.78 is 18.6. The highest BCUT2D eigenvalue weighted by atomic mass is 32.2. The summed E-state index contributed by atoms with van der Waals surface area (Å²) in [5.41, 5.74) is 3.10. The molecular weight excluding hydrogens is 297 g/mol. The monoisotopic (exact) mass is 313 g/mol. The largest absolute Gasteiger partial charge is 0.496 e. The second kappa shape index (κ2) is 6.79. The van der Waals surface area contributed by atoms with Crippen LogP contribution in [-0.2, 0) is 11.5 Å². The highest BCUT2D eigenvalue weighted by Crippen LogP contribution is 2.27. The van der Waals surface area contributed by atoms with Gasteiger partial charge in [0.05, 0.1) is 12.6 Å². The molecule has 4 heteroatoms. The van der Waals surface area contributed by atoms with Crippen LogP contribution in [0.15, 0.2) is 54.7 Å². The fourth-order valence-electron chi connectivity index (χ4n) is 2.41. The Morgan fingerprint density at radius 2 is 1.86 bits per heavy atom. The van der Waals surface area contributed by atoms with Crippen molar-refractivity contribution in [2.45, 2.75) is 11.5 Å². The molecule has 1 aromatic heterocycles. The van der Waals surface area contributed by atoms with Gasteiger partial charge in [0.2, 0.25) is 0 Å². The molecule has 0 aliphatic carbocycles. The van der Waals surface area contributed by atoms with Crippen LogP contribution in [0.3, 0.4) is 0 Å². The number of pyridine rings is 1. The van der Waals surface area contributed by atoms with Crippen LogP contribution in [0, 0.1) is 5.82 Å². The number of para-hydroxylation sites is 1. The van der Waals surface area contributed by atoms with Crippen LogP contribution in [-0.4, -0.2) is 12.1 Å². The molecule has 0 saturated heterocycles. The van der Waals surface area contributed by atoms with Gasteiger partial charge in [0.1, 0.15) is 11.6 Å². The van der Waals surface area contributed by atoms with Crippen molar-refractivity contribution in [3.05, 3.63) is 71.7 Å². The van der Waals surface area contributed by atoms with E-state index in [4.69, 9.17) is 4.74 Å². The Labute approximate surface area is 133 Å². The number of fused-ring (bicyclic) bond motifs is 1. The summed E-state index contributed by atoms with van der Waals surface area (Å²) in [5.74, 6) is 2.02. The third kappa shape index (κ3) is 3.22. The molecule has 0 unspecified atom stereocenters. The average Bonchev–Trinajstić information content (AvgIpc) is 2.55. The molecule has 3 aromatic rings. The van der Waals surface area contributed by atoms with E-state index in [9.17, 15) is 4.39 Å². The minimum absolute atomic E-state index is 0.233. The summed E-state index contributed by atoms with van der Waals surface area (Å²) in [6.07, 6.45) is 1.81. The van der Waals surface area contributed by atoms with Crippen LogP contribution in [0.2, 0.25) is 0 Å². The molecule has 2 aromatic carbocycles. The van der Waals surface area contributed by atoms with Crippen LogP contribution in [0.25, 0.3) is 10.9 Å². The lowest BCUT2D eigenvalue weighted by molar-refractivity contribution is 0.410. The van der Waals surface area contributed by atoms with Crippen molar-refractivity contribution in [2.75, 3.05) is 7.11 Å². The summed E-state index contributed by atoms with van der Waals surface area (Å²) in [6.45, 7) is 0. The first kappa shape index (κ1) is 14.9. The highest BCUT2D eigenvalue weighted by molar-refractivity contribution is 7.97. The number of thioether (sulfide) groups is 1. The lowest BCUT2D eigenvalue weighted by atomic mass is 10.1. The third-order valence-electron chi connectivity index (χ3n) is 3.47. The minimum atomic E-state index is -0.233. The molecule has 3 rings (SSSR count). The van der Waals surface area contributed by atoms with Gasteiger partial charge in [-0.05, 0) is 29.8 Å². The van der Waals surface area contributed by atoms with Gasteiger partial charge in [-0.25, -0.2) is 4.39 Å². The third-order valence-corrected chi connectivity index (χ3v) is 4.50. The Bertz CT molecular complexity index is 786. The van der Waals surface area contributed by atoms with E-state index in [1.54, 1.807) is 24.9 Å². The molecular formula is C18H16FNOS. The summed E-state index contributed by atoms with van der Waals surface area (Å²) in [5, 5.41) is 1.14. The maximum Gasteiger partial charge on any atom is 0.123 e. The Hall–Kier alpha value is -2.07. The van der Waals surface area contributed by atoms with Crippen molar-refractivity contribution in [3.8, 4) is 5.75 Å². The van der Waals surface area contributed by atoms with Crippen LogP contribution in [0.5, 0.6) is 5.75 Å². The van der Waals surface area contributed by atoms with Crippen LogP contribution in [0.4, 0.5) is 4.39 Å². The summed E-state index contributed by atoms with van der Waals surface area (Å²) >= 11 is 1.73. The summed E-state index contributed by atoms with van der Waals surface area (Å²) in [4.78, 5) is 4.46. The van der Waals surface area contributed by atoms with Gasteiger partial charge in [-0.3, -0.25) is 4.98 Å². The zero-order valence-electron chi connectivity index (χ0n) is 12.3. The van der Waals surface area contributed by atoms with Gasteiger partial charge in [0, 0.05) is 28.7 Å². The van der Waals surface area contributed by atoms with Crippen molar-refractivity contribution in [3.63, 3.8) is 0 Å². The Kier molecular flexibility index (Phi) is 4.59. The molecule has 22 heavy (non-hydrogen) atoms. The first-order valence-corrected chi connectivity index (χ1v) is 8.16. The molecule has 112 valence electrons. The summed E-state index contributed by atoms with van der Waals surface area (Å²) in [7, 11) is 1.61. The molecule has 0 aliphatic rings. The lowest BCUT2D eigenvalue weighted by Gasteiger charge is -2.09. The molecule has 0 spiro atoms. The van der Waals surface area contributed by atoms with Crippen molar-refractivity contribution in [2.24, 2.45) is 0 Å². The molecule has 0 fully saturated rings. The smallest absolute Gasteiger partial charge is 0.123 e. The second-order valence-corrected chi connectivity index (χ2v) is 5.93. The van der Waals surface area contributed by atoms with Crippen LogP contribution < -0.4 is 4.74 Å². The van der Waals surface area contributed by atoms with Gasteiger partial charge in [0.15, 0.2) is 0 Å². The fourth-order valence-corrected chi connectivity index (χ4v) is 3.42. The highest BCUT2D eigenvalue weighted by Gasteiger charge is 2.06. The molecule has 1 heterocycles. The zero-order valence-corrected chi connectivity index (χ0v) is 13.1. The fraction of sp³-hybridized carbons (Fsp3) is 0.167. The van der Waals surface area contributed by atoms with Gasteiger partial charge >= 0.3 is 0 Å². The maximum absolute atomic E-state index is 13.4. The maximum atomic E-state index is 13.4. The lowest BCUT2D eigenvalue weighted by Crippen LogP contribution is -1.93. The molecule has 0 bridgehead atoms. The molecule has 2 nitrogen and oxygen atoms in total. The van der Waals surface area contributed by atoms with Gasteiger partial charge in [-0.1, -0.05) is 24.3 Å². The number of rotatable bonds is 5. The number of aromatic nitrogens is 1. The predicted molar refractivity (Wildman–Crippen MR) is 89.7 cm³/mol. The van der Waals surface area contributed by atoms with E-state index in [0.29, 0.717) is 5.75 Å². The molecule has 0 radical (unpaired) electrons. The summed E-state index contributed by atoms with van der Waals surface area (Å²) in [6, 6.07) is 14.8. The van der Waals surface area contributed by atoms with E-state index in [0.717, 1.165) is 28.0 Å². The van der Waals surface area contributed by atoms with Gasteiger partial charge in [-0.2, -0.15) is 11.8 Å². The molecule has 0 aliphatic heterocycles. The Morgan fingerprint density at radius 1 is 1.05 bits per heavy atom. The minimum Gasteiger partial charge on any atom is -0.496 e. The Morgan fingerprint density at radius 3 is 2.73 bits per heavy atom. The zero-order chi connectivity index (χ0) is 15.4. The molecule has 0 N–H and O–H groups in total. The number of hydrogen-bond donors (Lipinski definition) is 0. The normalized spacial score (nSPS) is 10.8. The van der Waals surface area contributed by atoms with E-state index < -0.39 is 0 Å². The topological polar surface area (TPSA) is 22.1 Å². The Balaban J connectivity index is 1.74. The van der Waals surface area contributed by atoms with E-state index in [2.05, 4.69) is 23.2 Å². The molecule has 0 saturated carbocycles. The van der Waals surface area contributed by atoms with Crippen LogP contribution in [0.1, 0.15) is 11.1 Å². The number of benzene rings is 2. The van der Waals surface area contributed by atoms with Crippen molar-refractivity contribution in [1.82, 2.24) is 4.98 Å². The number of ether oxygens (including phenoxy) is 1. The molecule has 0 atom stereocenters. The quantitative estimate of drug-likeness (QED) is 0.674.